The summed E-state index contributed by atoms with van der Waals surface area (Å²) in [4.78, 5) is 4.00. The molecular formula is C12H9BrF2N2O. The van der Waals surface area contributed by atoms with Crippen molar-refractivity contribution in [3.05, 3.63) is 47.2 Å². The van der Waals surface area contributed by atoms with Gasteiger partial charge in [0.2, 0.25) is 0 Å². The Morgan fingerprint density at radius 3 is 2.44 bits per heavy atom. The van der Waals surface area contributed by atoms with Gasteiger partial charge in [0.05, 0.1) is 11.9 Å². The predicted octanol–water partition coefficient (Wildman–Crippen LogP) is 4.19. The van der Waals surface area contributed by atoms with Crippen molar-refractivity contribution in [2.75, 3.05) is 5.32 Å². The summed E-state index contributed by atoms with van der Waals surface area (Å²) in [5, 5.41) is 3.09. The highest BCUT2D eigenvalue weighted by molar-refractivity contribution is 9.10. The normalized spacial score (nSPS) is 10.4. The average Bonchev–Trinajstić information content (AvgIpc) is 2.31. The summed E-state index contributed by atoms with van der Waals surface area (Å²) < 4.78 is 29.0. The third-order valence-corrected chi connectivity index (χ3v) is 2.51. The number of alkyl halides is 2. The van der Waals surface area contributed by atoms with Crippen molar-refractivity contribution in [3.8, 4) is 5.75 Å². The van der Waals surface area contributed by atoms with Crippen LogP contribution in [0.4, 0.5) is 20.2 Å². The SMILES string of the molecule is FC(F)Oc1ccc(Nc2cncc(Br)c2)cc1. The van der Waals surface area contributed by atoms with Crippen LogP contribution in [-0.2, 0) is 0 Å². The smallest absolute Gasteiger partial charge is 0.387 e. The van der Waals surface area contributed by atoms with Crippen LogP contribution in [0.15, 0.2) is 47.2 Å². The van der Waals surface area contributed by atoms with Crippen LogP contribution in [0.1, 0.15) is 0 Å². The van der Waals surface area contributed by atoms with E-state index in [4.69, 9.17) is 0 Å². The molecular weight excluding hydrogens is 306 g/mol. The summed E-state index contributed by atoms with van der Waals surface area (Å²) in [6.45, 7) is -2.81. The van der Waals surface area contributed by atoms with Crippen LogP contribution in [0, 0.1) is 0 Å². The number of aromatic nitrogens is 1. The van der Waals surface area contributed by atoms with E-state index in [0.29, 0.717) is 0 Å². The Morgan fingerprint density at radius 2 is 1.83 bits per heavy atom. The molecule has 2 aromatic rings. The third kappa shape index (κ3) is 3.66. The summed E-state index contributed by atoms with van der Waals surface area (Å²) in [7, 11) is 0. The van der Waals surface area contributed by atoms with Crippen molar-refractivity contribution in [2.45, 2.75) is 6.61 Å². The second kappa shape index (κ2) is 5.77. The van der Waals surface area contributed by atoms with Gasteiger partial charge in [-0.15, -0.1) is 0 Å². The minimum absolute atomic E-state index is 0.128. The summed E-state index contributed by atoms with van der Waals surface area (Å²) in [5.41, 5.74) is 1.56. The molecule has 0 amide bonds. The van der Waals surface area contributed by atoms with Gasteiger partial charge in [-0.25, -0.2) is 0 Å². The van der Waals surface area contributed by atoms with Gasteiger partial charge >= 0.3 is 6.61 Å². The van der Waals surface area contributed by atoms with Gasteiger partial charge in [-0.1, -0.05) is 0 Å². The molecule has 0 aliphatic heterocycles. The van der Waals surface area contributed by atoms with Gasteiger partial charge in [-0.2, -0.15) is 8.78 Å². The molecule has 0 radical (unpaired) electrons. The maximum Gasteiger partial charge on any atom is 0.387 e. The Kier molecular flexibility index (Phi) is 4.09. The summed E-state index contributed by atoms with van der Waals surface area (Å²) in [6, 6.07) is 8.10. The molecule has 1 N–H and O–H groups in total. The van der Waals surface area contributed by atoms with Crippen molar-refractivity contribution >= 4 is 27.3 Å². The van der Waals surface area contributed by atoms with Crippen LogP contribution < -0.4 is 10.1 Å². The van der Waals surface area contributed by atoms with Crippen LogP contribution in [0.3, 0.4) is 0 Å². The zero-order chi connectivity index (χ0) is 13.0. The lowest BCUT2D eigenvalue weighted by Crippen LogP contribution is -2.01. The third-order valence-electron chi connectivity index (χ3n) is 2.07. The van der Waals surface area contributed by atoms with Gasteiger partial charge in [-0.05, 0) is 46.3 Å². The molecule has 0 aliphatic rings. The van der Waals surface area contributed by atoms with Crippen molar-refractivity contribution in [2.24, 2.45) is 0 Å². The van der Waals surface area contributed by atoms with E-state index in [-0.39, 0.29) is 5.75 Å². The lowest BCUT2D eigenvalue weighted by molar-refractivity contribution is -0.0498. The number of hydrogen-bond donors (Lipinski definition) is 1. The van der Waals surface area contributed by atoms with Crippen molar-refractivity contribution in [1.29, 1.82) is 0 Å². The molecule has 94 valence electrons. The molecule has 0 unspecified atom stereocenters. The molecule has 0 bridgehead atoms. The number of halogens is 3. The van der Waals surface area contributed by atoms with E-state index < -0.39 is 6.61 Å². The van der Waals surface area contributed by atoms with Gasteiger partial charge in [0.1, 0.15) is 5.75 Å². The number of rotatable bonds is 4. The number of nitrogens with one attached hydrogen (secondary N) is 1. The number of anilines is 2. The van der Waals surface area contributed by atoms with Crippen LogP contribution in [0.2, 0.25) is 0 Å². The van der Waals surface area contributed by atoms with Gasteiger partial charge in [0.15, 0.2) is 0 Å². The molecule has 1 heterocycles. The standard InChI is InChI=1S/C12H9BrF2N2O/c13-8-5-10(7-16-6-8)17-9-1-3-11(4-2-9)18-12(14)15/h1-7,12,17H. The minimum Gasteiger partial charge on any atom is -0.435 e. The number of hydrogen-bond acceptors (Lipinski definition) is 3. The fourth-order valence-electron chi connectivity index (χ4n) is 1.37. The highest BCUT2D eigenvalue weighted by atomic mass is 79.9. The number of benzene rings is 1. The summed E-state index contributed by atoms with van der Waals surface area (Å²) in [5.74, 6) is 0.128. The van der Waals surface area contributed by atoms with E-state index >= 15 is 0 Å². The molecule has 0 saturated heterocycles. The second-order valence-corrected chi connectivity index (χ2v) is 4.34. The summed E-state index contributed by atoms with van der Waals surface area (Å²) in [6.07, 6.45) is 3.33. The molecule has 0 atom stereocenters. The first-order valence-electron chi connectivity index (χ1n) is 5.06. The highest BCUT2D eigenvalue weighted by Crippen LogP contribution is 2.22. The van der Waals surface area contributed by atoms with Crippen molar-refractivity contribution in [3.63, 3.8) is 0 Å². The highest BCUT2D eigenvalue weighted by Gasteiger charge is 2.03. The molecule has 0 saturated carbocycles. The van der Waals surface area contributed by atoms with Crippen molar-refractivity contribution in [1.82, 2.24) is 4.98 Å². The topological polar surface area (TPSA) is 34.1 Å². The Morgan fingerprint density at radius 1 is 1.11 bits per heavy atom. The van der Waals surface area contributed by atoms with E-state index in [9.17, 15) is 8.78 Å². The monoisotopic (exact) mass is 314 g/mol. The summed E-state index contributed by atoms with van der Waals surface area (Å²) >= 11 is 3.31. The maximum absolute atomic E-state index is 12.0. The van der Waals surface area contributed by atoms with E-state index in [2.05, 4.69) is 31.0 Å². The van der Waals surface area contributed by atoms with Gasteiger partial charge in [0, 0.05) is 16.4 Å². The lowest BCUT2D eigenvalue weighted by atomic mass is 10.3. The molecule has 1 aromatic heterocycles. The molecule has 18 heavy (non-hydrogen) atoms. The quantitative estimate of drug-likeness (QED) is 0.918. The fraction of sp³-hybridized carbons (Fsp3) is 0.0833. The first-order chi connectivity index (χ1) is 8.63. The largest absolute Gasteiger partial charge is 0.435 e. The minimum atomic E-state index is -2.81. The zero-order valence-electron chi connectivity index (χ0n) is 9.11. The first-order valence-corrected chi connectivity index (χ1v) is 5.85. The van der Waals surface area contributed by atoms with Gasteiger partial charge in [-0.3, -0.25) is 4.98 Å². The van der Waals surface area contributed by atoms with E-state index in [1.807, 2.05) is 6.07 Å². The first kappa shape index (κ1) is 12.8. The van der Waals surface area contributed by atoms with E-state index in [1.165, 1.54) is 12.1 Å². The van der Waals surface area contributed by atoms with Crippen LogP contribution in [0.25, 0.3) is 0 Å². The molecule has 0 spiro atoms. The van der Waals surface area contributed by atoms with E-state index in [1.54, 1.807) is 24.5 Å². The zero-order valence-corrected chi connectivity index (χ0v) is 10.7. The Bertz CT molecular complexity index is 520. The molecule has 1 aromatic carbocycles. The van der Waals surface area contributed by atoms with E-state index in [0.717, 1.165) is 15.8 Å². The van der Waals surface area contributed by atoms with Gasteiger partial charge in [0.25, 0.3) is 0 Å². The van der Waals surface area contributed by atoms with Crippen LogP contribution >= 0.6 is 15.9 Å². The van der Waals surface area contributed by atoms with Crippen LogP contribution in [0.5, 0.6) is 5.75 Å². The Labute approximate surface area is 111 Å². The maximum atomic E-state index is 12.0. The molecule has 0 fully saturated rings. The van der Waals surface area contributed by atoms with Crippen molar-refractivity contribution < 1.29 is 13.5 Å². The van der Waals surface area contributed by atoms with Gasteiger partial charge < -0.3 is 10.1 Å². The average molecular weight is 315 g/mol. The number of nitrogens with zero attached hydrogens (tertiary/aromatic N) is 1. The number of pyridine rings is 1. The second-order valence-electron chi connectivity index (χ2n) is 3.42. The predicted molar refractivity (Wildman–Crippen MR) is 68.3 cm³/mol. The molecule has 2 rings (SSSR count). The molecule has 3 nitrogen and oxygen atoms in total. The Balaban J connectivity index is 2.06. The Hall–Kier alpha value is -1.69. The van der Waals surface area contributed by atoms with Crippen LogP contribution in [-0.4, -0.2) is 11.6 Å². The fourth-order valence-corrected chi connectivity index (χ4v) is 1.73. The lowest BCUT2D eigenvalue weighted by Gasteiger charge is -2.08. The molecule has 0 aliphatic carbocycles. The molecule has 6 heteroatoms. The number of ether oxygens (including phenoxy) is 1.